The number of benzene rings is 1. The van der Waals surface area contributed by atoms with E-state index in [0.29, 0.717) is 5.82 Å². The lowest BCUT2D eigenvalue weighted by Gasteiger charge is -2.06. The maximum atomic E-state index is 11.4. The van der Waals surface area contributed by atoms with Gasteiger partial charge in [0.15, 0.2) is 0 Å². The first-order valence-electron chi connectivity index (χ1n) is 5.22. The average molecular weight is 214 g/mol. The largest absolute Gasteiger partial charge is 0.311 e. The van der Waals surface area contributed by atoms with Crippen molar-refractivity contribution in [3.8, 4) is 11.3 Å². The first kappa shape index (κ1) is 10.6. The number of H-pyrrole nitrogens is 1. The van der Waals surface area contributed by atoms with E-state index in [-0.39, 0.29) is 5.56 Å². The van der Waals surface area contributed by atoms with Crippen molar-refractivity contribution >= 4 is 0 Å². The van der Waals surface area contributed by atoms with Crippen LogP contribution in [0.15, 0.2) is 29.1 Å². The summed E-state index contributed by atoms with van der Waals surface area (Å²) in [5.41, 5.74) is 3.99. The molecule has 0 spiro atoms. The lowest BCUT2D eigenvalue weighted by Crippen LogP contribution is -2.08. The molecule has 0 aliphatic rings. The number of nitrogens with one attached hydrogen (secondary N) is 1. The molecule has 1 N–H and O–H groups in total. The molecule has 0 saturated heterocycles. The predicted octanol–water partition coefficient (Wildman–Crippen LogP) is 2.36. The van der Waals surface area contributed by atoms with Crippen LogP contribution in [0.1, 0.15) is 17.0 Å². The second-order valence-corrected chi connectivity index (χ2v) is 4.03. The third-order valence-electron chi connectivity index (χ3n) is 2.52. The highest BCUT2D eigenvalue weighted by Crippen LogP contribution is 2.21. The minimum atomic E-state index is -0.109. The molecule has 0 saturated carbocycles. The molecule has 0 radical (unpaired) electrons. The van der Waals surface area contributed by atoms with Gasteiger partial charge in [-0.25, -0.2) is 4.98 Å². The van der Waals surface area contributed by atoms with Gasteiger partial charge in [0.1, 0.15) is 5.82 Å². The van der Waals surface area contributed by atoms with E-state index in [4.69, 9.17) is 0 Å². The summed E-state index contributed by atoms with van der Waals surface area (Å²) in [6, 6.07) is 7.66. The summed E-state index contributed by atoms with van der Waals surface area (Å²) in [5, 5.41) is 0. The molecule has 82 valence electrons. The molecule has 3 nitrogen and oxygen atoms in total. The molecule has 2 aromatic rings. The van der Waals surface area contributed by atoms with Gasteiger partial charge in [-0.15, -0.1) is 0 Å². The van der Waals surface area contributed by atoms with Crippen LogP contribution in [0.25, 0.3) is 11.3 Å². The molecule has 2 rings (SSSR count). The fourth-order valence-electron chi connectivity index (χ4n) is 1.82. The Kier molecular flexibility index (Phi) is 2.60. The van der Waals surface area contributed by atoms with E-state index in [0.717, 1.165) is 16.8 Å². The van der Waals surface area contributed by atoms with Gasteiger partial charge in [-0.05, 0) is 26.3 Å². The van der Waals surface area contributed by atoms with Crippen molar-refractivity contribution in [2.24, 2.45) is 0 Å². The molecule has 3 heteroatoms. The van der Waals surface area contributed by atoms with E-state index in [1.54, 1.807) is 6.92 Å². The molecule has 0 unspecified atom stereocenters. The average Bonchev–Trinajstić information content (AvgIpc) is 2.15. The van der Waals surface area contributed by atoms with Crippen LogP contribution in [-0.2, 0) is 0 Å². The van der Waals surface area contributed by atoms with E-state index in [9.17, 15) is 4.79 Å². The highest BCUT2D eigenvalue weighted by atomic mass is 16.1. The zero-order valence-corrected chi connectivity index (χ0v) is 9.66. The lowest BCUT2D eigenvalue weighted by atomic mass is 10.0. The van der Waals surface area contributed by atoms with Gasteiger partial charge in [-0.3, -0.25) is 4.79 Å². The van der Waals surface area contributed by atoms with Gasteiger partial charge >= 0.3 is 0 Å². The van der Waals surface area contributed by atoms with Crippen molar-refractivity contribution in [1.82, 2.24) is 9.97 Å². The Hall–Kier alpha value is -1.90. The monoisotopic (exact) mass is 214 g/mol. The number of hydrogen-bond acceptors (Lipinski definition) is 2. The number of nitrogens with zero attached hydrogens (tertiary/aromatic N) is 1. The summed E-state index contributed by atoms with van der Waals surface area (Å²) in [6.07, 6.45) is 0. The molecular formula is C13H14N2O. The van der Waals surface area contributed by atoms with Gasteiger partial charge in [0.25, 0.3) is 5.56 Å². The van der Waals surface area contributed by atoms with Crippen molar-refractivity contribution in [1.29, 1.82) is 0 Å². The smallest absolute Gasteiger partial charge is 0.251 e. The fourth-order valence-corrected chi connectivity index (χ4v) is 1.82. The minimum absolute atomic E-state index is 0.109. The second kappa shape index (κ2) is 3.93. The molecule has 0 aliphatic heterocycles. The van der Waals surface area contributed by atoms with E-state index in [1.807, 2.05) is 26.0 Å². The first-order chi connectivity index (χ1) is 7.56. The zero-order valence-electron chi connectivity index (χ0n) is 9.66. The Labute approximate surface area is 94.2 Å². The van der Waals surface area contributed by atoms with Crippen LogP contribution in [0.5, 0.6) is 0 Å². The highest BCUT2D eigenvalue weighted by molar-refractivity contribution is 5.63. The summed E-state index contributed by atoms with van der Waals surface area (Å²) in [6.45, 7) is 5.86. The third-order valence-corrected chi connectivity index (χ3v) is 2.52. The summed E-state index contributed by atoms with van der Waals surface area (Å²) in [7, 11) is 0. The molecule has 0 aliphatic carbocycles. The Morgan fingerprint density at radius 3 is 2.50 bits per heavy atom. The zero-order chi connectivity index (χ0) is 11.7. The number of aromatic amines is 1. The Morgan fingerprint density at radius 2 is 1.88 bits per heavy atom. The topological polar surface area (TPSA) is 45.8 Å². The number of hydrogen-bond donors (Lipinski definition) is 1. The van der Waals surface area contributed by atoms with E-state index < -0.39 is 0 Å². The number of aryl methyl sites for hydroxylation is 3. The van der Waals surface area contributed by atoms with Crippen molar-refractivity contribution in [3.63, 3.8) is 0 Å². The molecule has 0 bridgehead atoms. The molecule has 1 heterocycles. The van der Waals surface area contributed by atoms with E-state index in [1.165, 1.54) is 11.6 Å². The highest BCUT2D eigenvalue weighted by Gasteiger charge is 2.04. The number of rotatable bonds is 1. The quantitative estimate of drug-likeness (QED) is 0.792. The molecule has 1 aromatic heterocycles. The Morgan fingerprint density at radius 1 is 1.12 bits per heavy atom. The van der Waals surface area contributed by atoms with Gasteiger partial charge in [0.05, 0.1) is 5.69 Å². The summed E-state index contributed by atoms with van der Waals surface area (Å²) in [4.78, 5) is 18.4. The van der Waals surface area contributed by atoms with Gasteiger partial charge in [-0.1, -0.05) is 23.8 Å². The molecule has 0 amide bonds. The van der Waals surface area contributed by atoms with Gasteiger partial charge in [0.2, 0.25) is 0 Å². The molecule has 0 fully saturated rings. The first-order valence-corrected chi connectivity index (χ1v) is 5.22. The Bertz CT molecular complexity index is 585. The van der Waals surface area contributed by atoms with Crippen molar-refractivity contribution in [3.05, 3.63) is 51.6 Å². The van der Waals surface area contributed by atoms with E-state index in [2.05, 4.69) is 16.0 Å². The minimum Gasteiger partial charge on any atom is -0.311 e. The molecule has 16 heavy (non-hydrogen) atoms. The Balaban J connectivity index is 2.63. The summed E-state index contributed by atoms with van der Waals surface area (Å²) in [5.74, 6) is 0.641. The molecule has 1 aromatic carbocycles. The van der Waals surface area contributed by atoms with Gasteiger partial charge in [0, 0.05) is 11.6 Å². The third kappa shape index (κ3) is 2.03. The van der Waals surface area contributed by atoms with E-state index >= 15 is 0 Å². The maximum absolute atomic E-state index is 11.4. The lowest BCUT2D eigenvalue weighted by molar-refractivity contribution is 1.02. The fraction of sp³-hybridized carbons (Fsp3) is 0.231. The maximum Gasteiger partial charge on any atom is 0.251 e. The van der Waals surface area contributed by atoms with Crippen molar-refractivity contribution in [2.45, 2.75) is 20.8 Å². The summed E-state index contributed by atoms with van der Waals surface area (Å²) < 4.78 is 0. The van der Waals surface area contributed by atoms with Crippen LogP contribution >= 0.6 is 0 Å². The van der Waals surface area contributed by atoms with Crippen LogP contribution in [0, 0.1) is 20.8 Å². The SMILES string of the molecule is Cc1ccc(-c2cc(=O)[nH]c(C)n2)c(C)c1. The van der Waals surface area contributed by atoms with Gasteiger partial charge in [-0.2, -0.15) is 0 Å². The normalized spacial score (nSPS) is 10.4. The van der Waals surface area contributed by atoms with Crippen LogP contribution in [0.2, 0.25) is 0 Å². The number of aromatic nitrogens is 2. The van der Waals surface area contributed by atoms with Crippen LogP contribution in [0.4, 0.5) is 0 Å². The predicted molar refractivity (Wildman–Crippen MR) is 64.5 cm³/mol. The molecular weight excluding hydrogens is 200 g/mol. The second-order valence-electron chi connectivity index (χ2n) is 4.03. The van der Waals surface area contributed by atoms with Crippen LogP contribution in [0.3, 0.4) is 0 Å². The summed E-state index contributed by atoms with van der Waals surface area (Å²) >= 11 is 0. The van der Waals surface area contributed by atoms with Crippen molar-refractivity contribution < 1.29 is 0 Å². The van der Waals surface area contributed by atoms with Crippen LogP contribution in [-0.4, -0.2) is 9.97 Å². The van der Waals surface area contributed by atoms with Crippen molar-refractivity contribution in [2.75, 3.05) is 0 Å². The van der Waals surface area contributed by atoms with Crippen LogP contribution < -0.4 is 5.56 Å². The molecule has 0 atom stereocenters. The van der Waals surface area contributed by atoms with Gasteiger partial charge < -0.3 is 4.98 Å². The standard InChI is InChI=1S/C13H14N2O/c1-8-4-5-11(9(2)6-8)12-7-13(16)15-10(3)14-12/h4-7H,1-3H3,(H,14,15,16).